The molecule has 0 radical (unpaired) electrons. The van der Waals surface area contributed by atoms with E-state index in [0.717, 1.165) is 87.1 Å². The van der Waals surface area contributed by atoms with E-state index < -0.39 is 12.2 Å². The van der Waals surface area contributed by atoms with Gasteiger partial charge in [0.15, 0.2) is 11.5 Å². The zero-order valence-corrected chi connectivity index (χ0v) is 31.8. The zero-order valence-electron chi connectivity index (χ0n) is 31.1. The molecule has 292 valence electrons. The van der Waals surface area contributed by atoms with E-state index in [2.05, 4.69) is 36.7 Å². The Hall–Kier alpha value is -5.26. The Balaban J connectivity index is 0.774. The smallest absolute Gasteiger partial charge is 0.328 e. The van der Waals surface area contributed by atoms with Crippen LogP contribution in [0.2, 0.25) is 5.02 Å². The van der Waals surface area contributed by atoms with Crippen molar-refractivity contribution in [2.45, 2.75) is 75.7 Å². The Bertz CT molecular complexity index is 2130. The maximum atomic E-state index is 15.9. The van der Waals surface area contributed by atoms with Crippen molar-refractivity contribution >= 4 is 51.9 Å². The number of benzene rings is 2. The van der Waals surface area contributed by atoms with Gasteiger partial charge in [-0.05, 0) is 93.3 Å². The molecule has 2 aromatic carbocycles. The second kappa shape index (κ2) is 16.5. The van der Waals surface area contributed by atoms with Crippen LogP contribution in [0, 0.1) is 17.2 Å². The van der Waals surface area contributed by atoms with Gasteiger partial charge in [0, 0.05) is 69.4 Å². The van der Waals surface area contributed by atoms with Gasteiger partial charge in [-0.25, -0.2) is 9.18 Å². The molecule has 8 rings (SSSR count). The van der Waals surface area contributed by atoms with Crippen molar-refractivity contribution in [2.75, 3.05) is 49.1 Å². The van der Waals surface area contributed by atoms with E-state index in [9.17, 15) is 14.4 Å². The average molecular weight is 782 g/mol. The topological polar surface area (TPSA) is 149 Å². The molecule has 1 saturated carbocycles. The number of carbonyl (C=O) groups is 3. The number of rotatable bonds is 9. The number of anilines is 2. The van der Waals surface area contributed by atoms with Crippen LogP contribution in [-0.4, -0.2) is 95.1 Å². The number of nitriles is 1. The number of halogens is 2. The Morgan fingerprint density at radius 1 is 0.982 bits per heavy atom. The van der Waals surface area contributed by atoms with Gasteiger partial charge in [0.1, 0.15) is 18.0 Å². The number of aromatic nitrogens is 3. The number of nitrogens with one attached hydrogen (secondary N) is 2. The number of fused-ring (bicyclic) bond motifs is 1. The maximum Gasteiger partial charge on any atom is 0.328 e. The van der Waals surface area contributed by atoms with Crippen molar-refractivity contribution in [3.8, 4) is 11.8 Å². The first-order chi connectivity index (χ1) is 27.2. The summed E-state index contributed by atoms with van der Waals surface area (Å²) in [6, 6.07) is 17.7. The van der Waals surface area contributed by atoms with Crippen LogP contribution in [0.5, 0.6) is 5.75 Å². The van der Waals surface area contributed by atoms with E-state index in [1.807, 2.05) is 41.1 Å². The van der Waals surface area contributed by atoms with Gasteiger partial charge in [-0.15, -0.1) is 10.2 Å². The van der Waals surface area contributed by atoms with Crippen molar-refractivity contribution in [2.24, 2.45) is 5.92 Å². The summed E-state index contributed by atoms with van der Waals surface area (Å²) >= 11 is 6.14. The molecule has 0 bridgehead atoms. The monoisotopic (exact) mass is 781 g/mol. The number of amides is 4. The van der Waals surface area contributed by atoms with E-state index in [4.69, 9.17) is 21.6 Å². The fourth-order valence-corrected chi connectivity index (χ4v) is 8.90. The van der Waals surface area contributed by atoms with Gasteiger partial charge in [0.2, 0.25) is 5.91 Å². The largest absolute Gasteiger partial charge is 0.490 e. The lowest BCUT2D eigenvalue weighted by Crippen LogP contribution is -2.49. The van der Waals surface area contributed by atoms with Crippen molar-refractivity contribution in [3.63, 3.8) is 0 Å². The molecule has 4 fully saturated rings. The van der Waals surface area contributed by atoms with Crippen LogP contribution in [0.1, 0.15) is 73.5 Å². The highest BCUT2D eigenvalue weighted by atomic mass is 35.5. The normalized spacial score (nSPS) is 23.8. The lowest BCUT2D eigenvalue weighted by molar-refractivity contribution is -0.120. The highest BCUT2D eigenvalue weighted by molar-refractivity contribution is 6.31. The third-order valence-corrected chi connectivity index (χ3v) is 12.1. The van der Waals surface area contributed by atoms with Gasteiger partial charge in [-0.1, -0.05) is 17.7 Å². The first kappa shape index (κ1) is 37.7. The van der Waals surface area contributed by atoms with Crippen LogP contribution in [0.25, 0.3) is 10.9 Å². The van der Waals surface area contributed by atoms with Gasteiger partial charge in [0.05, 0.1) is 33.9 Å². The summed E-state index contributed by atoms with van der Waals surface area (Å²) in [5, 5.41) is 24.5. The molecule has 1 aliphatic carbocycles. The number of urea groups is 1. The highest BCUT2D eigenvalue weighted by Crippen LogP contribution is 2.35. The fraction of sp³-hybridized carbons (Fsp3) is 0.463. The number of carbonyl (C=O) groups excluding carboxylic acids is 3. The number of imide groups is 1. The molecule has 2 aromatic heterocycles. The summed E-state index contributed by atoms with van der Waals surface area (Å²) in [4.78, 5) is 43.3. The molecule has 2 N–H and O–H groups in total. The van der Waals surface area contributed by atoms with E-state index in [0.29, 0.717) is 47.5 Å². The Morgan fingerprint density at radius 3 is 2.52 bits per heavy atom. The molecule has 3 aliphatic heterocycles. The van der Waals surface area contributed by atoms with Crippen molar-refractivity contribution in [1.82, 2.24) is 30.3 Å². The minimum Gasteiger partial charge on any atom is -0.490 e. The molecule has 4 aliphatic rings. The van der Waals surface area contributed by atoms with Gasteiger partial charge >= 0.3 is 6.03 Å². The molecular weight excluding hydrogens is 737 g/mol. The third kappa shape index (κ3) is 8.15. The molecule has 0 unspecified atom stereocenters. The molecule has 2 atom stereocenters. The molecule has 56 heavy (non-hydrogen) atoms. The number of nitrogens with zero attached hydrogens (tertiary/aromatic N) is 7. The maximum absolute atomic E-state index is 15.9. The summed E-state index contributed by atoms with van der Waals surface area (Å²) in [6.07, 6.45) is 6.91. The molecule has 4 amide bonds. The van der Waals surface area contributed by atoms with Crippen LogP contribution >= 0.6 is 11.6 Å². The third-order valence-electron chi connectivity index (χ3n) is 11.7. The molecule has 15 heteroatoms. The van der Waals surface area contributed by atoms with Crippen molar-refractivity contribution < 1.29 is 23.5 Å². The van der Waals surface area contributed by atoms with E-state index in [1.54, 1.807) is 29.2 Å². The Kier molecular flexibility index (Phi) is 11.1. The van der Waals surface area contributed by atoms with E-state index in [1.165, 1.54) is 0 Å². The average Bonchev–Trinajstić information content (AvgIpc) is 3.64. The summed E-state index contributed by atoms with van der Waals surface area (Å²) in [5.74, 6) is 1.33. The van der Waals surface area contributed by atoms with Gasteiger partial charge in [-0.2, -0.15) is 5.26 Å². The molecule has 13 nitrogen and oxygen atoms in total. The first-order valence-corrected chi connectivity index (χ1v) is 19.9. The van der Waals surface area contributed by atoms with Gasteiger partial charge in [-0.3, -0.25) is 19.8 Å². The molecule has 4 aromatic rings. The summed E-state index contributed by atoms with van der Waals surface area (Å²) in [7, 11) is 0. The van der Waals surface area contributed by atoms with Crippen LogP contribution in [-0.2, 0) is 4.79 Å². The fourth-order valence-electron chi connectivity index (χ4n) is 8.69. The lowest BCUT2D eigenvalue weighted by Gasteiger charge is -2.39. The minimum absolute atomic E-state index is 0.0171. The van der Waals surface area contributed by atoms with Crippen LogP contribution in [0.3, 0.4) is 0 Å². The van der Waals surface area contributed by atoms with Gasteiger partial charge < -0.3 is 24.4 Å². The van der Waals surface area contributed by atoms with Crippen LogP contribution in [0.4, 0.5) is 20.7 Å². The SMILES string of the molecule is N#Cc1ccc(OC2CCC(NC(=O)c3ccc(N4CCC(CN5CC[C@H](n6ccc7c(N8CCC(=O)NC8=O)cccc76)[C@H](F)C5)CC4)nn3)CC2)cc1Cl. The number of hydrogen-bond donors (Lipinski definition) is 2. The predicted octanol–water partition coefficient (Wildman–Crippen LogP) is 6.02. The second-order valence-electron chi connectivity index (χ2n) is 15.3. The quantitative estimate of drug-likeness (QED) is 0.208. The minimum atomic E-state index is -1.03. The summed E-state index contributed by atoms with van der Waals surface area (Å²) < 4.78 is 24.0. The van der Waals surface area contributed by atoms with Crippen molar-refractivity contribution in [1.29, 1.82) is 5.26 Å². The highest BCUT2D eigenvalue weighted by Gasteiger charge is 2.34. The van der Waals surface area contributed by atoms with E-state index >= 15 is 4.39 Å². The molecule has 0 spiro atoms. The van der Waals surface area contributed by atoms with Gasteiger partial charge in [0.25, 0.3) is 5.91 Å². The molecule has 5 heterocycles. The molecule has 3 saturated heterocycles. The predicted molar refractivity (Wildman–Crippen MR) is 210 cm³/mol. The summed E-state index contributed by atoms with van der Waals surface area (Å²) in [6.45, 7) is 3.99. The van der Waals surface area contributed by atoms with Crippen LogP contribution < -0.4 is 25.2 Å². The molecular formula is C41H45ClFN9O4. The lowest BCUT2D eigenvalue weighted by atomic mass is 9.92. The number of piperidine rings is 2. The number of alkyl halides is 1. The zero-order chi connectivity index (χ0) is 38.8. The first-order valence-electron chi connectivity index (χ1n) is 19.6. The number of hydrogen-bond acceptors (Lipinski definition) is 9. The summed E-state index contributed by atoms with van der Waals surface area (Å²) in [5.41, 5.74) is 2.31. The number of likely N-dealkylation sites (tertiary alicyclic amines) is 1. The van der Waals surface area contributed by atoms with Crippen molar-refractivity contribution in [3.05, 3.63) is 77.1 Å². The van der Waals surface area contributed by atoms with E-state index in [-0.39, 0.29) is 36.4 Å². The Morgan fingerprint density at radius 2 is 1.80 bits per heavy atom. The second-order valence-corrected chi connectivity index (χ2v) is 15.8. The standard InChI is InChI=1S/C41H45ClFN9O4/c42-32-22-30(7-4-27(32)23-44)56-29-8-5-28(6-9-29)45-40(54)34-10-11-38(48-47-34)50-18-12-26(13-19-50)24-49-17-15-37(33(43)25-49)51-20-14-31-35(51)2-1-3-36(31)52-21-16-39(53)46-41(52)55/h1-4,7,10-11,14,20,22,26,28-29,33,37H,5-6,8-9,12-13,15-19,21,24-25H2,(H,45,54)(H,46,53,55)/t28?,29?,33-,37+/m1/s1. The van der Waals surface area contributed by atoms with Crippen LogP contribution in [0.15, 0.2) is 60.8 Å². The number of ether oxygens (including phenoxy) is 1. The Labute approximate surface area is 329 Å².